The monoisotopic (exact) mass is 394 g/mol. The van der Waals surface area contributed by atoms with Crippen molar-refractivity contribution in [1.82, 2.24) is 0 Å². The summed E-state index contributed by atoms with van der Waals surface area (Å²) in [5.74, 6) is 0.775. The highest BCUT2D eigenvalue weighted by Crippen LogP contribution is 2.28. The zero-order chi connectivity index (χ0) is 20.2. The number of fused-ring (bicyclic) bond motifs is 2. The molecule has 2 aromatic carbocycles. The molecule has 150 valence electrons. The van der Waals surface area contributed by atoms with E-state index < -0.39 is 11.6 Å². The van der Waals surface area contributed by atoms with Gasteiger partial charge in [-0.1, -0.05) is 0 Å². The van der Waals surface area contributed by atoms with Crippen LogP contribution in [0.2, 0.25) is 0 Å². The molecule has 0 amide bonds. The summed E-state index contributed by atoms with van der Waals surface area (Å²) < 4.78 is 21.5. The quantitative estimate of drug-likeness (QED) is 0.448. The lowest BCUT2D eigenvalue weighted by atomic mass is 10.0. The summed E-state index contributed by atoms with van der Waals surface area (Å²) in [5.41, 5.74) is 3.21. The molecule has 1 aromatic heterocycles. The smallest absolute Gasteiger partial charge is 0.344 e. The Morgan fingerprint density at radius 1 is 1.00 bits per heavy atom. The third kappa shape index (κ3) is 4.42. The van der Waals surface area contributed by atoms with Gasteiger partial charge in [0, 0.05) is 17.0 Å². The molecular weight excluding hydrogens is 372 g/mol. The van der Waals surface area contributed by atoms with Crippen molar-refractivity contribution in [3.05, 3.63) is 69.6 Å². The lowest BCUT2D eigenvalue weighted by molar-refractivity contribution is -0.147. The van der Waals surface area contributed by atoms with Crippen molar-refractivity contribution >= 4 is 16.9 Å². The van der Waals surface area contributed by atoms with E-state index in [1.807, 2.05) is 19.1 Å². The molecule has 0 spiro atoms. The SMILES string of the molecule is CCOc1ccc(OCC(=O)OCc2cc(=O)oc3cc4c(cc23)CCC4)cc1. The van der Waals surface area contributed by atoms with Gasteiger partial charge in [-0.15, -0.1) is 0 Å². The van der Waals surface area contributed by atoms with Crippen LogP contribution < -0.4 is 15.1 Å². The predicted octanol–water partition coefficient (Wildman–Crippen LogP) is 3.80. The van der Waals surface area contributed by atoms with Crippen molar-refractivity contribution in [3.63, 3.8) is 0 Å². The fraction of sp³-hybridized carbons (Fsp3) is 0.304. The van der Waals surface area contributed by atoms with Crippen LogP contribution in [0.15, 0.2) is 51.7 Å². The van der Waals surface area contributed by atoms with E-state index in [-0.39, 0.29) is 13.2 Å². The number of aryl methyl sites for hydroxylation is 2. The lowest BCUT2D eigenvalue weighted by Gasteiger charge is -2.10. The van der Waals surface area contributed by atoms with Gasteiger partial charge in [0.1, 0.15) is 23.7 Å². The van der Waals surface area contributed by atoms with E-state index in [1.165, 1.54) is 17.2 Å². The Morgan fingerprint density at radius 2 is 1.69 bits per heavy atom. The Hall–Kier alpha value is -3.28. The van der Waals surface area contributed by atoms with Crippen LogP contribution in [0.25, 0.3) is 11.0 Å². The minimum Gasteiger partial charge on any atom is -0.494 e. The highest BCUT2D eigenvalue weighted by molar-refractivity contribution is 5.82. The lowest BCUT2D eigenvalue weighted by Crippen LogP contribution is -2.15. The van der Waals surface area contributed by atoms with E-state index in [0.29, 0.717) is 23.5 Å². The highest BCUT2D eigenvalue weighted by Gasteiger charge is 2.16. The fourth-order valence-corrected chi connectivity index (χ4v) is 3.56. The highest BCUT2D eigenvalue weighted by atomic mass is 16.6. The second-order valence-electron chi connectivity index (χ2n) is 6.92. The largest absolute Gasteiger partial charge is 0.494 e. The molecule has 0 fully saturated rings. The summed E-state index contributed by atoms with van der Waals surface area (Å²) >= 11 is 0. The Bertz CT molecular complexity index is 1080. The van der Waals surface area contributed by atoms with Crippen molar-refractivity contribution in [2.75, 3.05) is 13.2 Å². The van der Waals surface area contributed by atoms with E-state index >= 15 is 0 Å². The molecule has 0 unspecified atom stereocenters. The van der Waals surface area contributed by atoms with Crippen molar-refractivity contribution in [2.24, 2.45) is 0 Å². The third-order valence-electron chi connectivity index (χ3n) is 4.92. The zero-order valence-electron chi connectivity index (χ0n) is 16.2. The Morgan fingerprint density at radius 3 is 2.41 bits per heavy atom. The first kappa shape index (κ1) is 19.1. The average Bonchev–Trinajstić information content (AvgIpc) is 3.17. The van der Waals surface area contributed by atoms with E-state index in [4.69, 9.17) is 18.6 Å². The molecule has 1 aliphatic rings. The standard InChI is InChI=1S/C23H22O6/c1-2-26-18-6-8-19(9-7-18)27-14-23(25)28-13-17-12-22(24)29-21-11-16-5-3-4-15(16)10-20(17)21/h6-12H,2-5,13-14H2,1H3. The van der Waals surface area contributed by atoms with Gasteiger partial charge in [-0.2, -0.15) is 0 Å². The number of rotatable bonds is 7. The van der Waals surface area contributed by atoms with Crippen LogP contribution in [-0.4, -0.2) is 19.2 Å². The fourth-order valence-electron chi connectivity index (χ4n) is 3.56. The molecule has 0 saturated heterocycles. The van der Waals surface area contributed by atoms with Crippen LogP contribution in [0.4, 0.5) is 0 Å². The van der Waals surface area contributed by atoms with Gasteiger partial charge in [-0.05, 0) is 73.7 Å². The Kier molecular flexibility index (Phi) is 5.51. The summed E-state index contributed by atoms with van der Waals surface area (Å²) in [6.07, 6.45) is 3.11. The van der Waals surface area contributed by atoms with Crippen LogP contribution in [0.3, 0.4) is 0 Å². The molecule has 0 radical (unpaired) electrons. The molecule has 1 heterocycles. The molecule has 0 saturated carbocycles. The minimum atomic E-state index is -0.513. The summed E-state index contributed by atoms with van der Waals surface area (Å²) in [5, 5.41) is 0.811. The van der Waals surface area contributed by atoms with Crippen molar-refractivity contribution < 1.29 is 23.4 Å². The van der Waals surface area contributed by atoms with E-state index in [2.05, 4.69) is 0 Å². The third-order valence-corrected chi connectivity index (χ3v) is 4.92. The van der Waals surface area contributed by atoms with Crippen LogP contribution in [0.5, 0.6) is 11.5 Å². The minimum absolute atomic E-state index is 0.00758. The maximum atomic E-state index is 12.1. The molecular formula is C23H22O6. The van der Waals surface area contributed by atoms with Crippen LogP contribution in [0, 0.1) is 0 Å². The van der Waals surface area contributed by atoms with Crippen LogP contribution in [-0.2, 0) is 29.0 Å². The summed E-state index contributed by atoms with van der Waals surface area (Å²) in [4.78, 5) is 24.0. The van der Waals surface area contributed by atoms with Crippen LogP contribution in [0.1, 0.15) is 30.0 Å². The van der Waals surface area contributed by atoms with Gasteiger partial charge in [-0.3, -0.25) is 0 Å². The first-order valence-electron chi connectivity index (χ1n) is 9.72. The average molecular weight is 394 g/mol. The maximum Gasteiger partial charge on any atom is 0.344 e. The van der Waals surface area contributed by atoms with Gasteiger partial charge >= 0.3 is 11.6 Å². The summed E-state index contributed by atoms with van der Waals surface area (Å²) in [6.45, 7) is 2.27. The van der Waals surface area contributed by atoms with E-state index in [0.717, 1.165) is 30.4 Å². The Labute approximate surface area is 168 Å². The van der Waals surface area contributed by atoms with E-state index in [1.54, 1.807) is 24.3 Å². The summed E-state index contributed by atoms with van der Waals surface area (Å²) in [7, 11) is 0. The first-order chi connectivity index (χ1) is 14.1. The van der Waals surface area contributed by atoms with Gasteiger partial charge in [0.15, 0.2) is 6.61 Å². The van der Waals surface area contributed by atoms with Crippen LogP contribution >= 0.6 is 0 Å². The zero-order valence-corrected chi connectivity index (χ0v) is 16.2. The molecule has 6 heteroatoms. The molecule has 0 atom stereocenters. The van der Waals surface area contributed by atoms with Crippen molar-refractivity contribution in [1.29, 1.82) is 0 Å². The molecule has 0 aliphatic heterocycles. The predicted molar refractivity (Wildman–Crippen MR) is 107 cm³/mol. The molecule has 1 aliphatic carbocycles. The first-order valence-corrected chi connectivity index (χ1v) is 9.72. The number of benzene rings is 2. The molecule has 29 heavy (non-hydrogen) atoms. The normalized spacial score (nSPS) is 12.6. The van der Waals surface area contributed by atoms with Crippen molar-refractivity contribution in [3.8, 4) is 11.5 Å². The van der Waals surface area contributed by atoms with Crippen molar-refractivity contribution in [2.45, 2.75) is 32.8 Å². The number of hydrogen-bond acceptors (Lipinski definition) is 6. The molecule has 0 bridgehead atoms. The molecule has 4 rings (SSSR count). The van der Waals surface area contributed by atoms with Gasteiger partial charge in [0.25, 0.3) is 0 Å². The number of hydrogen-bond donors (Lipinski definition) is 0. The van der Waals surface area contributed by atoms with Gasteiger partial charge in [0.2, 0.25) is 0 Å². The number of carbonyl (C=O) groups excluding carboxylic acids is 1. The van der Waals surface area contributed by atoms with Gasteiger partial charge in [-0.25, -0.2) is 9.59 Å². The molecule has 3 aromatic rings. The van der Waals surface area contributed by atoms with Gasteiger partial charge in [0.05, 0.1) is 6.61 Å². The second-order valence-corrected chi connectivity index (χ2v) is 6.92. The Balaban J connectivity index is 1.40. The molecule has 6 nitrogen and oxygen atoms in total. The summed E-state index contributed by atoms with van der Waals surface area (Å²) in [6, 6.07) is 12.4. The second kappa shape index (κ2) is 8.39. The number of carbonyl (C=O) groups is 1. The van der Waals surface area contributed by atoms with Gasteiger partial charge < -0.3 is 18.6 Å². The number of esters is 1. The topological polar surface area (TPSA) is 75.0 Å². The maximum absolute atomic E-state index is 12.1. The van der Waals surface area contributed by atoms with E-state index in [9.17, 15) is 9.59 Å². The molecule has 0 N–H and O–H groups in total. The number of ether oxygens (including phenoxy) is 3.